The number of H-pyrrole nitrogens is 1. The predicted molar refractivity (Wildman–Crippen MR) is 65.6 cm³/mol. The number of nitrogens with one attached hydrogen (secondary N) is 1. The maximum Gasteiger partial charge on any atom is 0.296 e. The molecule has 1 N–H and O–H groups in total. The van der Waals surface area contributed by atoms with E-state index in [1.807, 2.05) is 20.8 Å². The van der Waals surface area contributed by atoms with E-state index in [2.05, 4.69) is 20.4 Å². The molecule has 0 saturated carbocycles. The molecule has 0 amide bonds. The smallest absolute Gasteiger partial charge is 0.291 e. The lowest BCUT2D eigenvalue weighted by atomic mass is 10.1. The molecule has 0 spiro atoms. The molecule has 7 nitrogen and oxygen atoms in total. The summed E-state index contributed by atoms with van der Waals surface area (Å²) in [5, 5.41) is 13.7. The van der Waals surface area contributed by atoms with Crippen LogP contribution < -0.4 is 0 Å². The molecule has 98 valence electrons. The molecule has 0 aliphatic carbocycles. The molecule has 0 radical (unpaired) electrons. The molecule has 2 rings (SSSR count). The second-order valence-electron chi connectivity index (χ2n) is 4.74. The normalized spacial score (nSPS) is 12.9. The maximum absolute atomic E-state index is 11.5. The number of aromatic nitrogens is 5. The standard InChI is InChI=1S/C9H12ClN5O2S/c1-9(2,3)15-7(6-4-11-12-5-6)13-14-8(15)18(10,16)17/h4-5H,1-3H3,(H,11,12). The van der Waals surface area contributed by atoms with Gasteiger partial charge in [0.15, 0.2) is 5.82 Å². The van der Waals surface area contributed by atoms with E-state index < -0.39 is 14.6 Å². The zero-order chi connectivity index (χ0) is 13.6. The molecule has 0 saturated heterocycles. The Morgan fingerprint density at radius 3 is 2.44 bits per heavy atom. The van der Waals surface area contributed by atoms with E-state index in [0.717, 1.165) is 0 Å². The van der Waals surface area contributed by atoms with E-state index in [1.165, 1.54) is 10.8 Å². The molecule has 0 aliphatic rings. The van der Waals surface area contributed by atoms with Crippen molar-refractivity contribution in [3.8, 4) is 11.4 Å². The van der Waals surface area contributed by atoms with Crippen LogP contribution in [0.1, 0.15) is 20.8 Å². The summed E-state index contributed by atoms with van der Waals surface area (Å²) < 4.78 is 24.5. The summed E-state index contributed by atoms with van der Waals surface area (Å²) in [6, 6.07) is 0. The van der Waals surface area contributed by atoms with Crippen LogP contribution in [0.25, 0.3) is 11.4 Å². The largest absolute Gasteiger partial charge is 0.296 e. The van der Waals surface area contributed by atoms with Crippen LogP contribution in [0.5, 0.6) is 0 Å². The maximum atomic E-state index is 11.5. The lowest BCUT2D eigenvalue weighted by Crippen LogP contribution is -2.25. The number of aromatic amines is 1. The van der Waals surface area contributed by atoms with E-state index in [0.29, 0.717) is 11.4 Å². The van der Waals surface area contributed by atoms with Gasteiger partial charge in [-0.1, -0.05) is 0 Å². The molecule has 2 aromatic heterocycles. The average Bonchev–Trinajstić information content (AvgIpc) is 2.83. The van der Waals surface area contributed by atoms with Crippen molar-refractivity contribution < 1.29 is 8.42 Å². The van der Waals surface area contributed by atoms with Crippen molar-refractivity contribution in [2.45, 2.75) is 31.5 Å². The highest BCUT2D eigenvalue weighted by molar-refractivity contribution is 8.13. The van der Waals surface area contributed by atoms with Crippen molar-refractivity contribution in [3.63, 3.8) is 0 Å². The molecule has 18 heavy (non-hydrogen) atoms. The first-order valence-corrected chi connectivity index (χ1v) is 7.42. The summed E-state index contributed by atoms with van der Waals surface area (Å²) in [5.41, 5.74) is 0.108. The number of rotatable bonds is 2. The molecule has 2 aromatic rings. The SMILES string of the molecule is CC(C)(C)n1c(-c2cn[nH]c2)nnc1S(=O)(=O)Cl. The van der Waals surface area contributed by atoms with Gasteiger partial charge in [-0.15, -0.1) is 10.2 Å². The number of halogens is 1. The molecular formula is C9H12ClN5O2S. The highest BCUT2D eigenvalue weighted by Gasteiger charge is 2.30. The summed E-state index contributed by atoms with van der Waals surface area (Å²) in [7, 11) is 1.41. The summed E-state index contributed by atoms with van der Waals surface area (Å²) in [5.74, 6) is 0.399. The summed E-state index contributed by atoms with van der Waals surface area (Å²) in [6.07, 6.45) is 3.15. The molecule has 0 unspecified atom stereocenters. The van der Waals surface area contributed by atoms with E-state index >= 15 is 0 Å². The first-order valence-electron chi connectivity index (χ1n) is 5.11. The van der Waals surface area contributed by atoms with Gasteiger partial charge in [0.25, 0.3) is 14.2 Å². The number of nitrogens with zero attached hydrogens (tertiary/aromatic N) is 4. The van der Waals surface area contributed by atoms with Crippen LogP contribution in [0.2, 0.25) is 0 Å². The monoisotopic (exact) mass is 289 g/mol. The molecule has 0 atom stereocenters. The molecular weight excluding hydrogens is 278 g/mol. The Morgan fingerprint density at radius 2 is 2.00 bits per heavy atom. The minimum absolute atomic E-state index is 0.270. The Labute approximate surface area is 109 Å². The molecule has 0 bridgehead atoms. The highest BCUT2D eigenvalue weighted by Crippen LogP contribution is 2.28. The lowest BCUT2D eigenvalue weighted by molar-refractivity contribution is 0.367. The fourth-order valence-corrected chi connectivity index (χ4v) is 2.61. The van der Waals surface area contributed by atoms with Gasteiger partial charge >= 0.3 is 0 Å². The summed E-state index contributed by atoms with van der Waals surface area (Å²) in [4.78, 5) is 0. The van der Waals surface area contributed by atoms with Crippen LogP contribution in [0, 0.1) is 0 Å². The second-order valence-corrected chi connectivity index (χ2v) is 7.20. The van der Waals surface area contributed by atoms with Crippen molar-refractivity contribution in [3.05, 3.63) is 12.4 Å². The van der Waals surface area contributed by atoms with Crippen LogP contribution in [-0.2, 0) is 14.6 Å². The molecule has 0 aliphatic heterocycles. The fraction of sp³-hybridized carbons (Fsp3) is 0.444. The van der Waals surface area contributed by atoms with Gasteiger partial charge in [0.1, 0.15) is 0 Å². The van der Waals surface area contributed by atoms with E-state index in [9.17, 15) is 8.42 Å². The third-order valence-electron chi connectivity index (χ3n) is 2.28. The lowest BCUT2D eigenvalue weighted by Gasteiger charge is -2.23. The van der Waals surface area contributed by atoms with E-state index in [4.69, 9.17) is 10.7 Å². The fourth-order valence-electron chi connectivity index (χ4n) is 1.59. The third-order valence-corrected chi connectivity index (χ3v) is 3.39. The van der Waals surface area contributed by atoms with Crippen LogP contribution >= 0.6 is 10.7 Å². The minimum Gasteiger partial charge on any atom is -0.291 e. The Morgan fingerprint density at radius 1 is 1.33 bits per heavy atom. The minimum atomic E-state index is -3.96. The Hall–Kier alpha value is -1.41. The van der Waals surface area contributed by atoms with Gasteiger partial charge in [-0.25, -0.2) is 8.42 Å². The van der Waals surface area contributed by atoms with Crippen molar-refractivity contribution >= 4 is 19.7 Å². The van der Waals surface area contributed by atoms with Crippen molar-refractivity contribution in [1.29, 1.82) is 0 Å². The average molecular weight is 290 g/mol. The van der Waals surface area contributed by atoms with E-state index in [-0.39, 0.29) is 5.16 Å². The van der Waals surface area contributed by atoms with Crippen molar-refractivity contribution in [2.24, 2.45) is 0 Å². The third kappa shape index (κ3) is 2.25. The van der Waals surface area contributed by atoms with Crippen LogP contribution in [0.4, 0.5) is 0 Å². The number of hydrogen-bond donors (Lipinski definition) is 1. The Balaban J connectivity index is 2.75. The van der Waals surface area contributed by atoms with Gasteiger partial charge in [0.05, 0.1) is 11.8 Å². The molecule has 0 aromatic carbocycles. The predicted octanol–water partition coefficient (Wildman–Crippen LogP) is 1.35. The van der Waals surface area contributed by atoms with Crippen molar-refractivity contribution in [1.82, 2.24) is 25.0 Å². The van der Waals surface area contributed by atoms with E-state index in [1.54, 1.807) is 6.20 Å². The highest BCUT2D eigenvalue weighted by atomic mass is 35.7. The van der Waals surface area contributed by atoms with Gasteiger partial charge in [-0.2, -0.15) is 5.10 Å². The van der Waals surface area contributed by atoms with Crippen molar-refractivity contribution in [2.75, 3.05) is 0 Å². The van der Waals surface area contributed by atoms with Gasteiger partial charge in [-0.05, 0) is 20.8 Å². The first kappa shape index (κ1) is 13.0. The Kier molecular flexibility index (Phi) is 2.94. The second kappa shape index (κ2) is 4.06. The van der Waals surface area contributed by atoms with Gasteiger partial charge in [-0.3, -0.25) is 9.67 Å². The molecule has 9 heteroatoms. The Bertz CT molecular complexity index is 654. The van der Waals surface area contributed by atoms with Gasteiger partial charge < -0.3 is 0 Å². The quantitative estimate of drug-likeness (QED) is 0.842. The number of hydrogen-bond acceptors (Lipinski definition) is 5. The van der Waals surface area contributed by atoms with Gasteiger partial charge in [0, 0.05) is 22.4 Å². The van der Waals surface area contributed by atoms with Gasteiger partial charge in [0.2, 0.25) is 0 Å². The van der Waals surface area contributed by atoms with Crippen LogP contribution in [0.3, 0.4) is 0 Å². The summed E-state index contributed by atoms with van der Waals surface area (Å²) >= 11 is 0. The topological polar surface area (TPSA) is 93.5 Å². The zero-order valence-electron chi connectivity index (χ0n) is 10.0. The van der Waals surface area contributed by atoms with Crippen LogP contribution in [-0.4, -0.2) is 33.4 Å². The van der Waals surface area contributed by atoms with Crippen LogP contribution in [0.15, 0.2) is 17.6 Å². The molecule has 0 fully saturated rings. The molecule has 2 heterocycles. The summed E-state index contributed by atoms with van der Waals surface area (Å²) in [6.45, 7) is 5.52. The first-order chi connectivity index (χ1) is 8.21. The zero-order valence-corrected chi connectivity index (χ0v) is 11.6.